The molecule has 158 valence electrons. The monoisotopic (exact) mass is 418 g/mol. The zero-order valence-corrected chi connectivity index (χ0v) is 18.7. The van der Waals surface area contributed by atoms with Crippen LogP contribution in [0, 0.1) is 20.8 Å². The van der Waals surface area contributed by atoms with Gasteiger partial charge in [-0.2, -0.15) is 0 Å². The molecule has 2 N–H and O–H groups in total. The van der Waals surface area contributed by atoms with Crippen molar-refractivity contribution in [2.24, 2.45) is 0 Å². The van der Waals surface area contributed by atoms with E-state index in [0.717, 1.165) is 11.1 Å². The molecular formula is C22H30N2O4S. The molecule has 0 heterocycles. The highest BCUT2D eigenvalue weighted by Gasteiger charge is 2.16. The first kappa shape index (κ1) is 22.9. The Morgan fingerprint density at radius 1 is 0.966 bits per heavy atom. The highest BCUT2D eigenvalue weighted by atomic mass is 32.2. The Kier molecular flexibility index (Phi) is 7.43. The van der Waals surface area contributed by atoms with Gasteiger partial charge in [0.05, 0.1) is 10.9 Å². The van der Waals surface area contributed by atoms with Gasteiger partial charge in [0.1, 0.15) is 5.75 Å². The first-order chi connectivity index (χ1) is 13.5. The SMILES string of the molecule is Cc1cc(C)c(C(C)NC(=O)COc2ccc(S(=O)(=O)NC(C)C)cc2)cc1C. The fourth-order valence-corrected chi connectivity index (χ4v) is 4.30. The molecule has 6 nitrogen and oxygen atoms in total. The number of carbonyl (C=O) groups excluding carboxylic acids is 1. The molecule has 29 heavy (non-hydrogen) atoms. The van der Waals surface area contributed by atoms with Crippen LogP contribution >= 0.6 is 0 Å². The standard InChI is InChI=1S/C22H30N2O4S/c1-14(2)24-29(26,27)20-9-7-19(8-10-20)28-13-22(25)23-18(6)21-12-16(4)15(3)11-17(21)5/h7-12,14,18,24H,13H2,1-6H3,(H,23,25). The summed E-state index contributed by atoms with van der Waals surface area (Å²) >= 11 is 0. The second-order valence-electron chi connectivity index (χ2n) is 7.62. The van der Waals surface area contributed by atoms with Gasteiger partial charge in [0.15, 0.2) is 6.61 Å². The quantitative estimate of drug-likeness (QED) is 0.687. The Balaban J connectivity index is 1.95. The summed E-state index contributed by atoms with van der Waals surface area (Å²) in [7, 11) is -3.55. The van der Waals surface area contributed by atoms with Crippen molar-refractivity contribution < 1.29 is 17.9 Å². The third-order valence-electron chi connectivity index (χ3n) is 4.62. The Labute approximate surface area is 173 Å². The maximum absolute atomic E-state index is 12.3. The Morgan fingerprint density at radius 2 is 1.55 bits per heavy atom. The molecule has 0 aliphatic rings. The van der Waals surface area contributed by atoms with Gasteiger partial charge in [0.25, 0.3) is 5.91 Å². The average molecular weight is 419 g/mol. The van der Waals surface area contributed by atoms with Gasteiger partial charge in [0, 0.05) is 6.04 Å². The zero-order valence-electron chi connectivity index (χ0n) is 17.9. The largest absolute Gasteiger partial charge is 0.484 e. The molecule has 0 aliphatic heterocycles. The van der Waals surface area contributed by atoms with Crippen LogP contribution in [0.4, 0.5) is 0 Å². The van der Waals surface area contributed by atoms with Gasteiger partial charge in [0.2, 0.25) is 10.0 Å². The lowest BCUT2D eigenvalue weighted by molar-refractivity contribution is -0.123. The molecule has 0 radical (unpaired) electrons. The molecule has 0 bridgehead atoms. The molecule has 7 heteroatoms. The number of sulfonamides is 1. The summed E-state index contributed by atoms with van der Waals surface area (Å²) in [5, 5.41) is 2.94. The second-order valence-corrected chi connectivity index (χ2v) is 9.33. The smallest absolute Gasteiger partial charge is 0.258 e. The molecule has 2 rings (SSSR count). The molecule has 2 aromatic carbocycles. The van der Waals surface area contributed by atoms with E-state index in [1.54, 1.807) is 26.0 Å². The van der Waals surface area contributed by atoms with E-state index in [4.69, 9.17) is 4.74 Å². The predicted octanol–water partition coefficient (Wildman–Crippen LogP) is 3.55. The van der Waals surface area contributed by atoms with Gasteiger partial charge in [-0.1, -0.05) is 12.1 Å². The highest BCUT2D eigenvalue weighted by Crippen LogP contribution is 2.22. The summed E-state index contributed by atoms with van der Waals surface area (Å²) in [4.78, 5) is 12.4. The predicted molar refractivity (Wildman–Crippen MR) is 115 cm³/mol. The molecule has 0 aromatic heterocycles. The van der Waals surface area contributed by atoms with E-state index < -0.39 is 10.0 Å². The molecular weight excluding hydrogens is 388 g/mol. The molecule has 0 fully saturated rings. The van der Waals surface area contributed by atoms with Crippen molar-refractivity contribution in [1.29, 1.82) is 0 Å². The maximum atomic E-state index is 12.3. The van der Waals surface area contributed by atoms with Crippen molar-refractivity contribution in [2.75, 3.05) is 6.61 Å². The second kappa shape index (κ2) is 9.41. The third-order valence-corrected chi connectivity index (χ3v) is 6.30. The summed E-state index contributed by atoms with van der Waals surface area (Å²) in [6, 6.07) is 9.88. The van der Waals surface area contributed by atoms with E-state index in [-0.39, 0.29) is 29.5 Å². The van der Waals surface area contributed by atoms with E-state index >= 15 is 0 Å². The summed E-state index contributed by atoms with van der Waals surface area (Å²) < 4.78 is 32.3. The summed E-state index contributed by atoms with van der Waals surface area (Å²) in [6.45, 7) is 11.5. The first-order valence-corrected chi connectivity index (χ1v) is 11.1. The van der Waals surface area contributed by atoms with Gasteiger partial charge in [-0.3, -0.25) is 4.79 Å². The van der Waals surface area contributed by atoms with Crippen LogP contribution < -0.4 is 14.8 Å². The van der Waals surface area contributed by atoms with Crippen molar-refractivity contribution in [2.45, 2.75) is 58.5 Å². The van der Waals surface area contributed by atoms with Crippen molar-refractivity contribution in [3.05, 3.63) is 58.7 Å². The van der Waals surface area contributed by atoms with E-state index in [2.05, 4.69) is 36.0 Å². The molecule has 0 saturated carbocycles. The highest BCUT2D eigenvalue weighted by molar-refractivity contribution is 7.89. The molecule has 2 aromatic rings. The van der Waals surface area contributed by atoms with Crippen LogP contribution in [0.2, 0.25) is 0 Å². The number of rotatable bonds is 8. The van der Waals surface area contributed by atoms with Crippen LogP contribution in [0.15, 0.2) is 41.3 Å². The summed E-state index contributed by atoms with van der Waals surface area (Å²) in [5.74, 6) is 0.187. The van der Waals surface area contributed by atoms with Crippen molar-refractivity contribution >= 4 is 15.9 Å². The lowest BCUT2D eigenvalue weighted by Gasteiger charge is -2.18. The number of benzene rings is 2. The lowest BCUT2D eigenvalue weighted by Crippen LogP contribution is -2.31. The van der Waals surface area contributed by atoms with Gasteiger partial charge >= 0.3 is 0 Å². The number of amides is 1. The molecule has 1 amide bonds. The van der Waals surface area contributed by atoms with Crippen LogP contribution in [-0.2, 0) is 14.8 Å². The van der Waals surface area contributed by atoms with E-state index in [1.165, 1.54) is 23.3 Å². The minimum absolute atomic E-state index is 0.139. The Morgan fingerprint density at radius 3 is 2.14 bits per heavy atom. The minimum atomic E-state index is -3.55. The van der Waals surface area contributed by atoms with E-state index in [0.29, 0.717) is 5.75 Å². The average Bonchev–Trinajstić information content (AvgIpc) is 2.62. The Hall–Kier alpha value is -2.38. The van der Waals surface area contributed by atoms with Gasteiger partial charge in [-0.15, -0.1) is 0 Å². The number of nitrogens with one attached hydrogen (secondary N) is 2. The summed E-state index contributed by atoms with van der Waals surface area (Å²) in [6.07, 6.45) is 0. The fraction of sp³-hybridized carbons (Fsp3) is 0.409. The van der Waals surface area contributed by atoms with E-state index in [9.17, 15) is 13.2 Å². The summed E-state index contributed by atoms with van der Waals surface area (Å²) in [5.41, 5.74) is 4.62. The molecule has 1 atom stereocenters. The number of hydrogen-bond donors (Lipinski definition) is 2. The molecule has 0 spiro atoms. The third kappa shape index (κ3) is 6.30. The zero-order chi connectivity index (χ0) is 21.8. The van der Waals surface area contributed by atoms with Crippen LogP contribution in [0.3, 0.4) is 0 Å². The molecule has 1 unspecified atom stereocenters. The van der Waals surface area contributed by atoms with Crippen LogP contribution in [0.5, 0.6) is 5.75 Å². The minimum Gasteiger partial charge on any atom is -0.484 e. The topological polar surface area (TPSA) is 84.5 Å². The van der Waals surface area contributed by atoms with Crippen molar-refractivity contribution in [1.82, 2.24) is 10.0 Å². The van der Waals surface area contributed by atoms with E-state index in [1.807, 2.05) is 13.8 Å². The number of hydrogen-bond acceptors (Lipinski definition) is 4. The number of ether oxygens (including phenoxy) is 1. The Bertz CT molecular complexity index is 967. The molecule has 0 aliphatic carbocycles. The maximum Gasteiger partial charge on any atom is 0.258 e. The first-order valence-electron chi connectivity index (χ1n) is 9.62. The fourth-order valence-electron chi connectivity index (χ4n) is 3.05. The normalized spacial score (nSPS) is 12.7. The molecule has 0 saturated heterocycles. The number of carbonyl (C=O) groups is 1. The number of aryl methyl sites for hydroxylation is 3. The van der Waals surface area contributed by atoms with Crippen molar-refractivity contribution in [3.63, 3.8) is 0 Å². The van der Waals surface area contributed by atoms with Gasteiger partial charge < -0.3 is 10.1 Å². The van der Waals surface area contributed by atoms with Gasteiger partial charge in [-0.05, 0) is 88.1 Å². The lowest BCUT2D eigenvalue weighted by atomic mass is 9.96. The van der Waals surface area contributed by atoms with Crippen LogP contribution in [0.25, 0.3) is 0 Å². The van der Waals surface area contributed by atoms with Crippen LogP contribution in [-0.4, -0.2) is 27.0 Å². The van der Waals surface area contributed by atoms with Crippen molar-refractivity contribution in [3.8, 4) is 5.75 Å². The van der Waals surface area contributed by atoms with Gasteiger partial charge in [-0.25, -0.2) is 13.1 Å². The van der Waals surface area contributed by atoms with Crippen LogP contribution in [0.1, 0.15) is 49.1 Å².